The van der Waals surface area contributed by atoms with Gasteiger partial charge in [0.15, 0.2) is 0 Å². The van der Waals surface area contributed by atoms with Gasteiger partial charge in [0.2, 0.25) is 0 Å². The quantitative estimate of drug-likeness (QED) is 0.607. The Labute approximate surface area is 188 Å². The number of carbonyl (C=O) groups is 1. The van der Waals surface area contributed by atoms with E-state index in [1.165, 1.54) is 12.8 Å². The van der Waals surface area contributed by atoms with E-state index in [1.807, 2.05) is 17.7 Å². The third kappa shape index (κ3) is 4.03. The van der Waals surface area contributed by atoms with Crippen LogP contribution in [0, 0.1) is 12.8 Å². The Kier molecular flexibility index (Phi) is 5.71. The maximum Gasteiger partial charge on any atom is 0.259 e. The molecule has 1 saturated heterocycles. The Balaban J connectivity index is 1.43. The van der Waals surface area contributed by atoms with E-state index in [9.17, 15) is 4.79 Å². The van der Waals surface area contributed by atoms with Crippen molar-refractivity contribution in [3.63, 3.8) is 0 Å². The summed E-state index contributed by atoms with van der Waals surface area (Å²) in [7, 11) is 2.17. The first-order valence-corrected chi connectivity index (χ1v) is 11.8. The smallest absolute Gasteiger partial charge is 0.259 e. The minimum absolute atomic E-state index is 0.0720. The van der Waals surface area contributed by atoms with Crippen molar-refractivity contribution in [3.05, 3.63) is 29.2 Å². The first-order chi connectivity index (χ1) is 15.5. The lowest BCUT2D eigenvalue weighted by Gasteiger charge is -2.28. The number of nitrogens with zero attached hydrogens (tertiary/aromatic N) is 5. The summed E-state index contributed by atoms with van der Waals surface area (Å²) < 4.78 is 7.56. The van der Waals surface area contributed by atoms with E-state index < -0.39 is 0 Å². The molecule has 5 rings (SSSR count). The minimum Gasteiger partial charge on any atom is -0.352 e. The van der Waals surface area contributed by atoms with Gasteiger partial charge in [0.1, 0.15) is 5.69 Å². The van der Waals surface area contributed by atoms with Gasteiger partial charge in [-0.1, -0.05) is 5.16 Å². The molecule has 2 aliphatic rings. The number of hydrogen-bond donors (Lipinski definition) is 1. The number of aryl methyl sites for hydroxylation is 1. The lowest BCUT2D eigenvalue weighted by Crippen LogP contribution is -2.32. The van der Waals surface area contributed by atoms with Gasteiger partial charge in [0.25, 0.3) is 11.6 Å². The number of fused-ring (bicyclic) bond motifs is 1. The van der Waals surface area contributed by atoms with Gasteiger partial charge in [-0.05, 0) is 78.1 Å². The number of carbonyl (C=O) groups excluding carboxylic acids is 1. The second-order valence-corrected chi connectivity index (χ2v) is 9.33. The number of nitrogens with one attached hydrogen (secondary N) is 1. The highest BCUT2D eigenvalue weighted by atomic mass is 16.5. The molecule has 32 heavy (non-hydrogen) atoms. The van der Waals surface area contributed by atoms with Crippen molar-refractivity contribution in [3.8, 4) is 11.3 Å². The van der Waals surface area contributed by atoms with Crippen LogP contribution in [0.15, 0.2) is 16.8 Å². The van der Waals surface area contributed by atoms with Gasteiger partial charge in [0, 0.05) is 36.0 Å². The van der Waals surface area contributed by atoms with Crippen molar-refractivity contribution in [2.24, 2.45) is 5.92 Å². The summed E-state index contributed by atoms with van der Waals surface area (Å²) in [4.78, 5) is 20.4. The van der Waals surface area contributed by atoms with Crippen LogP contribution in [0.4, 0.5) is 0 Å². The van der Waals surface area contributed by atoms with Crippen molar-refractivity contribution >= 4 is 17.0 Å². The van der Waals surface area contributed by atoms with Gasteiger partial charge in [0.05, 0.1) is 17.1 Å². The molecule has 1 saturated carbocycles. The molecule has 170 valence electrons. The van der Waals surface area contributed by atoms with E-state index in [-0.39, 0.29) is 5.91 Å². The lowest BCUT2D eigenvalue weighted by molar-refractivity contribution is 0.0950. The fraction of sp³-hybridized carbons (Fsp3) is 0.583. The maximum absolute atomic E-state index is 13.3. The van der Waals surface area contributed by atoms with Gasteiger partial charge < -0.3 is 14.7 Å². The molecule has 0 aromatic carbocycles. The molecule has 8 heteroatoms. The summed E-state index contributed by atoms with van der Waals surface area (Å²) >= 11 is 0. The molecule has 1 N–H and O–H groups in total. The number of amides is 1. The van der Waals surface area contributed by atoms with Crippen molar-refractivity contribution in [2.75, 3.05) is 26.7 Å². The molecule has 3 aromatic heterocycles. The topological polar surface area (TPSA) is 89.1 Å². The van der Waals surface area contributed by atoms with Crippen molar-refractivity contribution in [1.82, 2.24) is 30.1 Å². The highest BCUT2D eigenvalue weighted by Gasteiger charge is 2.30. The second-order valence-electron chi connectivity index (χ2n) is 9.33. The Morgan fingerprint density at radius 1 is 1.25 bits per heavy atom. The SMILES string of the molecule is CCn1ncc(-c2noc3nc(C4CC4)cc(C(=O)NCCC4CCN(C)CC4)c23)c1C. The molecule has 0 spiro atoms. The number of piperidine rings is 1. The Hall–Kier alpha value is -2.74. The highest BCUT2D eigenvalue weighted by molar-refractivity contribution is 6.09. The number of pyridine rings is 1. The van der Waals surface area contributed by atoms with E-state index in [0.717, 1.165) is 55.8 Å². The van der Waals surface area contributed by atoms with E-state index in [4.69, 9.17) is 9.51 Å². The summed E-state index contributed by atoms with van der Waals surface area (Å²) in [5, 5.41) is 12.6. The molecular formula is C24H32N6O2. The molecule has 0 radical (unpaired) electrons. The van der Waals surface area contributed by atoms with Crippen LogP contribution in [-0.4, -0.2) is 57.4 Å². The maximum atomic E-state index is 13.3. The average Bonchev–Trinajstić information content (AvgIpc) is 3.47. The fourth-order valence-corrected chi connectivity index (χ4v) is 4.75. The molecule has 1 amide bonds. The zero-order chi connectivity index (χ0) is 22.2. The average molecular weight is 437 g/mol. The van der Waals surface area contributed by atoms with Gasteiger partial charge >= 0.3 is 0 Å². The highest BCUT2D eigenvalue weighted by Crippen LogP contribution is 2.41. The van der Waals surface area contributed by atoms with Crippen LogP contribution in [0.5, 0.6) is 0 Å². The minimum atomic E-state index is -0.0720. The number of hydrogen-bond acceptors (Lipinski definition) is 6. The summed E-state index contributed by atoms with van der Waals surface area (Å²) in [6, 6.07) is 1.95. The van der Waals surface area contributed by atoms with Crippen LogP contribution in [-0.2, 0) is 6.54 Å². The van der Waals surface area contributed by atoms with Gasteiger partial charge in [-0.15, -0.1) is 0 Å². The van der Waals surface area contributed by atoms with Gasteiger partial charge in [-0.25, -0.2) is 4.98 Å². The third-order valence-corrected chi connectivity index (χ3v) is 7.04. The van der Waals surface area contributed by atoms with Crippen LogP contribution in [0.1, 0.15) is 66.7 Å². The third-order valence-electron chi connectivity index (χ3n) is 7.04. The summed E-state index contributed by atoms with van der Waals surface area (Å²) in [6.45, 7) is 7.81. The van der Waals surface area contributed by atoms with E-state index in [1.54, 1.807) is 6.20 Å². The van der Waals surface area contributed by atoms with Gasteiger partial charge in [-0.2, -0.15) is 5.10 Å². The number of likely N-dealkylation sites (tertiary alicyclic amines) is 1. The van der Waals surface area contributed by atoms with Crippen LogP contribution >= 0.6 is 0 Å². The first kappa shape index (κ1) is 21.1. The van der Waals surface area contributed by atoms with Crippen LogP contribution in [0.2, 0.25) is 0 Å². The van der Waals surface area contributed by atoms with E-state index in [2.05, 4.69) is 34.4 Å². The molecular weight excluding hydrogens is 404 g/mol. The molecule has 2 fully saturated rings. The van der Waals surface area contributed by atoms with Crippen molar-refractivity contribution < 1.29 is 9.32 Å². The molecule has 0 unspecified atom stereocenters. The molecule has 3 aromatic rings. The molecule has 4 heterocycles. The monoisotopic (exact) mass is 436 g/mol. The summed E-state index contributed by atoms with van der Waals surface area (Å²) in [5.41, 5.74) is 4.51. The Morgan fingerprint density at radius 2 is 2.03 bits per heavy atom. The second kappa shape index (κ2) is 8.65. The van der Waals surface area contributed by atoms with Crippen LogP contribution in [0.25, 0.3) is 22.4 Å². The standard InChI is InChI=1S/C24H32N6O2/c1-4-30-15(2)19(14-26-30)22-21-18(13-20(17-5-6-17)27-24(21)32-28-22)23(31)25-10-7-16-8-11-29(3)12-9-16/h13-14,16-17H,4-12H2,1-3H3,(H,25,31). The molecule has 0 atom stereocenters. The van der Waals surface area contributed by atoms with Crippen LogP contribution in [0.3, 0.4) is 0 Å². The zero-order valence-electron chi connectivity index (χ0n) is 19.2. The largest absolute Gasteiger partial charge is 0.352 e. The Bertz CT molecular complexity index is 1120. The molecule has 8 nitrogen and oxygen atoms in total. The van der Waals surface area contributed by atoms with E-state index >= 15 is 0 Å². The fourth-order valence-electron chi connectivity index (χ4n) is 4.75. The summed E-state index contributed by atoms with van der Waals surface area (Å²) in [5.74, 6) is 1.03. The van der Waals surface area contributed by atoms with Gasteiger partial charge in [-0.3, -0.25) is 9.48 Å². The molecule has 0 bridgehead atoms. The first-order valence-electron chi connectivity index (χ1n) is 11.8. The molecule has 1 aliphatic carbocycles. The number of aromatic nitrogens is 4. The van der Waals surface area contributed by atoms with Crippen molar-refractivity contribution in [2.45, 2.75) is 58.4 Å². The zero-order valence-corrected chi connectivity index (χ0v) is 19.2. The predicted molar refractivity (Wildman–Crippen MR) is 123 cm³/mol. The normalized spacial score (nSPS) is 17.8. The molecule has 1 aliphatic heterocycles. The number of rotatable bonds is 7. The van der Waals surface area contributed by atoms with E-state index in [0.29, 0.717) is 40.7 Å². The van der Waals surface area contributed by atoms with Crippen molar-refractivity contribution in [1.29, 1.82) is 0 Å². The summed E-state index contributed by atoms with van der Waals surface area (Å²) in [6.07, 6.45) is 7.44. The predicted octanol–water partition coefficient (Wildman–Crippen LogP) is 3.75. The Morgan fingerprint density at radius 3 is 2.72 bits per heavy atom. The lowest BCUT2D eigenvalue weighted by atomic mass is 9.94. The van der Waals surface area contributed by atoms with Crippen LogP contribution < -0.4 is 5.32 Å².